The molecule has 2 atom stereocenters. The van der Waals surface area contributed by atoms with E-state index in [0.717, 1.165) is 38.7 Å². The first-order valence-corrected chi connectivity index (χ1v) is 10.2. The lowest BCUT2D eigenvalue weighted by Crippen LogP contribution is -2.47. The van der Waals surface area contributed by atoms with E-state index in [2.05, 4.69) is 6.92 Å². The molecular weight excluding hydrogens is 288 g/mol. The van der Waals surface area contributed by atoms with Crippen LogP contribution in [0.25, 0.3) is 0 Å². The van der Waals surface area contributed by atoms with Crippen LogP contribution in [-0.2, 0) is 22.8 Å². The van der Waals surface area contributed by atoms with Gasteiger partial charge in [0.25, 0.3) is 0 Å². The third kappa shape index (κ3) is 8.28. The van der Waals surface area contributed by atoms with Crippen LogP contribution in [0.1, 0.15) is 40.5 Å². The Balaban J connectivity index is 2.25. The predicted molar refractivity (Wildman–Crippen MR) is 84.4 cm³/mol. The second kappa shape index (κ2) is 10.7. The molecule has 1 aliphatic rings. The van der Waals surface area contributed by atoms with Gasteiger partial charge >= 0.3 is 8.80 Å². The monoisotopic (exact) mass is 320 g/mol. The summed E-state index contributed by atoms with van der Waals surface area (Å²) in [5, 5.41) is 0. The molecule has 1 saturated heterocycles. The van der Waals surface area contributed by atoms with Crippen molar-refractivity contribution >= 4 is 8.80 Å². The van der Waals surface area contributed by atoms with E-state index in [-0.39, 0.29) is 0 Å². The lowest BCUT2D eigenvalue weighted by Gasteiger charge is -2.30. The van der Waals surface area contributed by atoms with E-state index in [1.54, 1.807) is 0 Å². The average molecular weight is 321 g/mol. The van der Waals surface area contributed by atoms with E-state index in [0.29, 0.717) is 31.8 Å². The van der Waals surface area contributed by atoms with Gasteiger partial charge in [0.1, 0.15) is 6.10 Å². The summed E-state index contributed by atoms with van der Waals surface area (Å²) in [6.07, 6.45) is 2.52. The molecule has 0 aliphatic carbocycles. The fraction of sp³-hybridized carbons (Fsp3) is 1.00. The van der Waals surface area contributed by atoms with Crippen molar-refractivity contribution in [1.82, 2.24) is 0 Å². The Morgan fingerprint density at radius 3 is 2.14 bits per heavy atom. The zero-order valence-electron chi connectivity index (χ0n) is 14.1. The van der Waals surface area contributed by atoms with Crippen molar-refractivity contribution in [2.45, 2.75) is 52.7 Å². The lowest BCUT2D eigenvalue weighted by atomic mass is 10.1. The largest absolute Gasteiger partial charge is 0.501 e. The molecule has 1 fully saturated rings. The zero-order chi connectivity index (χ0) is 15.6. The minimum absolute atomic E-state index is 0.358. The zero-order valence-corrected chi connectivity index (χ0v) is 15.1. The van der Waals surface area contributed by atoms with Gasteiger partial charge in [0.2, 0.25) is 0 Å². The summed E-state index contributed by atoms with van der Waals surface area (Å²) in [6.45, 7) is 12.6. The molecule has 0 aromatic rings. The molecule has 1 rings (SSSR count). The molecule has 1 heterocycles. The highest BCUT2D eigenvalue weighted by molar-refractivity contribution is 6.60. The van der Waals surface area contributed by atoms with Crippen LogP contribution in [0.5, 0.6) is 0 Å². The molecule has 0 saturated carbocycles. The third-order valence-electron chi connectivity index (χ3n) is 3.38. The van der Waals surface area contributed by atoms with Gasteiger partial charge in [0.05, 0.1) is 13.2 Å². The minimum atomic E-state index is -2.50. The number of ether oxygens (including phenoxy) is 2. The molecule has 21 heavy (non-hydrogen) atoms. The summed E-state index contributed by atoms with van der Waals surface area (Å²) in [5.74, 6) is 0.516. The molecular formula is C15H32O5Si. The Morgan fingerprint density at radius 2 is 1.67 bits per heavy atom. The highest BCUT2D eigenvalue weighted by Crippen LogP contribution is 2.24. The maximum atomic E-state index is 5.89. The first-order valence-electron chi connectivity index (χ1n) is 8.27. The summed E-state index contributed by atoms with van der Waals surface area (Å²) >= 11 is 0. The van der Waals surface area contributed by atoms with Crippen LogP contribution >= 0.6 is 0 Å². The van der Waals surface area contributed by atoms with Gasteiger partial charge in [-0.15, -0.1) is 0 Å². The van der Waals surface area contributed by atoms with Gasteiger partial charge in [0.15, 0.2) is 0 Å². The van der Waals surface area contributed by atoms with E-state index in [4.69, 9.17) is 22.8 Å². The van der Waals surface area contributed by atoms with Crippen LogP contribution in [-0.4, -0.2) is 54.5 Å². The SMILES string of the molecule is CCO[Si](CC(C)CCCOCC1CO1)(OCC)OCC. The van der Waals surface area contributed by atoms with E-state index < -0.39 is 8.80 Å². The van der Waals surface area contributed by atoms with Gasteiger partial charge < -0.3 is 22.8 Å². The Labute approximate surface area is 130 Å². The summed E-state index contributed by atoms with van der Waals surface area (Å²) < 4.78 is 28.4. The Morgan fingerprint density at radius 1 is 1.10 bits per heavy atom. The molecule has 126 valence electrons. The topological polar surface area (TPSA) is 49.5 Å². The standard InChI is InChI=1S/C15H32O5Si/c1-5-18-21(19-6-2,20-7-3)13-14(4)9-8-10-16-11-15-12-17-15/h14-15H,5-13H2,1-4H3. The number of hydrogen-bond donors (Lipinski definition) is 0. The van der Waals surface area contributed by atoms with Gasteiger partial charge in [-0.3, -0.25) is 0 Å². The molecule has 0 bridgehead atoms. The molecule has 0 radical (unpaired) electrons. The normalized spacial score (nSPS) is 19.7. The highest BCUT2D eigenvalue weighted by Gasteiger charge is 2.41. The van der Waals surface area contributed by atoms with E-state index in [1.807, 2.05) is 20.8 Å². The summed E-state index contributed by atoms with van der Waals surface area (Å²) in [6, 6.07) is 0.883. The fourth-order valence-electron chi connectivity index (χ4n) is 2.40. The summed E-state index contributed by atoms with van der Waals surface area (Å²) in [5.41, 5.74) is 0. The van der Waals surface area contributed by atoms with Gasteiger partial charge in [0, 0.05) is 32.5 Å². The molecule has 2 unspecified atom stereocenters. The van der Waals surface area contributed by atoms with Gasteiger partial charge in [-0.25, -0.2) is 0 Å². The number of hydrogen-bond acceptors (Lipinski definition) is 5. The van der Waals surface area contributed by atoms with Crippen LogP contribution in [0.4, 0.5) is 0 Å². The predicted octanol–water partition coefficient (Wildman–Crippen LogP) is 2.87. The molecule has 6 heteroatoms. The Bertz CT molecular complexity index is 243. The second-order valence-electron chi connectivity index (χ2n) is 5.46. The van der Waals surface area contributed by atoms with Crippen molar-refractivity contribution < 1.29 is 22.8 Å². The van der Waals surface area contributed by atoms with E-state index >= 15 is 0 Å². The van der Waals surface area contributed by atoms with Gasteiger partial charge in [-0.2, -0.15) is 0 Å². The molecule has 0 aromatic heterocycles. The van der Waals surface area contributed by atoms with Crippen LogP contribution in [0, 0.1) is 5.92 Å². The third-order valence-corrected chi connectivity index (χ3v) is 6.77. The first kappa shape index (κ1) is 19.1. The fourth-order valence-corrected chi connectivity index (χ4v) is 5.38. The highest BCUT2D eigenvalue weighted by atomic mass is 28.4. The molecule has 0 aromatic carbocycles. The van der Waals surface area contributed by atoms with Crippen molar-refractivity contribution in [2.24, 2.45) is 5.92 Å². The van der Waals surface area contributed by atoms with Gasteiger partial charge in [-0.1, -0.05) is 6.92 Å². The van der Waals surface area contributed by atoms with Crippen molar-refractivity contribution in [2.75, 3.05) is 39.6 Å². The van der Waals surface area contributed by atoms with Crippen molar-refractivity contribution in [1.29, 1.82) is 0 Å². The van der Waals surface area contributed by atoms with Crippen molar-refractivity contribution in [3.05, 3.63) is 0 Å². The van der Waals surface area contributed by atoms with Crippen LogP contribution < -0.4 is 0 Å². The van der Waals surface area contributed by atoms with Gasteiger partial charge in [-0.05, 0) is 39.5 Å². The maximum Gasteiger partial charge on any atom is 0.501 e. The smallest absolute Gasteiger partial charge is 0.379 e. The summed E-state index contributed by atoms with van der Waals surface area (Å²) in [4.78, 5) is 0. The first-order chi connectivity index (χ1) is 10.2. The lowest BCUT2D eigenvalue weighted by molar-refractivity contribution is 0.0661. The molecule has 5 nitrogen and oxygen atoms in total. The van der Waals surface area contributed by atoms with Crippen molar-refractivity contribution in [3.63, 3.8) is 0 Å². The minimum Gasteiger partial charge on any atom is -0.379 e. The molecule has 0 spiro atoms. The number of epoxide rings is 1. The average Bonchev–Trinajstić information content (AvgIpc) is 3.23. The Hall–Kier alpha value is 0.0169. The number of rotatable bonds is 14. The Kier molecular flexibility index (Phi) is 9.71. The van der Waals surface area contributed by atoms with Crippen LogP contribution in [0.2, 0.25) is 6.04 Å². The maximum absolute atomic E-state index is 5.89. The molecule has 1 aliphatic heterocycles. The van der Waals surface area contributed by atoms with Crippen LogP contribution in [0.3, 0.4) is 0 Å². The summed E-state index contributed by atoms with van der Waals surface area (Å²) in [7, 11) is -2.50. The van der Waals surface area contributed by atoms with Crippen molar-refractivity contribution in [3.8, 4) is 0 Å². The second-order valence-corrected chi connectivity index (χ2v) is 8.10. The van der Waals surface area contributed by atoms with E-state index in [9.17, 15) is 0 Å². The van der Waals surface area contributed by atoms with Crippen LogP contribution in [0.15, 0.2) is 0 Å². The quantitative estimate of drug-likeness (QED) is 0.280. The van der Waals surface area contributed by atoms with E-state index in [1.165, 1.54) is 0 Å². The molecule has 0 amide bonds. The molecule has 0 N–H and O–H groups in total.